The molecule has 1 aliphatic rings. The van der Waals surface area contributed by atoms with E-state index in [1.807, 2.05) is 0 Å². The molecule has 2 N–H and O–H groups in total. The van der Waals surface area contributed by atoms with Gasteiger partial charge in [0.25, 0.3) is 0 Å². The van der Waals surface area contributed by atoms with Gasteiger partial charge in [0, 0.05) is 12.6 Å². The van der Waals surface area contributed by atoms with Crippen LogP contribution in [0.15, 0.2) is 0 Å². The minimum absolute atomic E-state index is 0.536. The van der Waals surface area contributed by atoms with Crippen LogP contribution >= 0.6 is 0 Å². The molecule has 5 nitrogen and oxygen atoms in total. The molecule has 0 aromatic rings. The molecule has 0 spiro atoms. The van der Waals surface area contributed by atoms with Gasteiger partial charge < -0.3 is 10.2 Å². The van der Waals surface area contributed by atoms with Gasteiger partial charge in [0.2, 0.25) is 10.0 Å². The van der Waals surface area contributed by atoms with Crippen LogP contribution in [0.4, 0.5) is 0 Å². The molecule has 96 valence electrons. The van der Waals surface area contributed by atoms with Gasteiger partial charge in [-0.2, -0.15) is 0 Å². The van der Waals surface area contributed by atoms with E-state index in [0.717, 1.165) is 26.1 Å². The Balaban J connectivity index is 2.12. The molecule has 6 heteroatoms. The quantitative estimate of drug-likeness (QED) is 0.629. The monoisotopic (exact) mass is 249 g/mol. The second-order valence-electron chi connectivity index (χ2n) is 4.48. The van der Waals surface area contributed by atoms with Crippen molar-refractivity contribution in [2.24, 2.45) is 0 Å². The molecule has 0 unspecified atom stereocenters. The zero-order valence-electron chi connectivity index (χ0n) is 10.2. The summed E-state index contributed by atoms with van der Waals surface area (Å²) in [6, 6.07) is 0.652. The topological polar surface area (TPSA) is 61.4 Å². The summed E-state index contributed by atoms with van der Waals surface area (Å²) in [6.45, 7) is 3.68. The maximum absolute atomic E-state index is 10.8. The fraction of sp³-hybridized carbons (Fsp3) is 1.00. The van der Waals surface area contributed by atoms with Crippen LogP contribution in [0.2, 0.25) is 0 Å². The molecule has 16 heavy (non-hydrogen) atoms. The Morgan fingerprint density at radius 2 is 2.00 bits per heavy atom. The van der Waals surface area contributed by atoms with Gasteiger partial charge in [0.05, 0.1) is 6.26 Å². The lowest BCUT2D eigenvalue weighted by Crippen LogP contribution is -2.42. The summed E-state index contributed by atoms with van der Waals surface area (Å²) in [5.74, 6) is 0. The van der Waals surface area contributed by atoms with Crippen LogP contribution in [0, 0.1) is 0 Å². The summed E-state index contributed by atoms with van der Waals surface area (Å²) in [7, 11) is -0.904. The SMILES string of the molecule is CN(CCCNS(C)(=O)=O)C1CCNCC1. The summed E-state index contributed by atoms with van der Waals surface area (Å²) in [4.78, 5) is 2.34. The molecule has 0 saturated carbocycles. The fourth-order valence-electron chi connectivity index (χ4n) is 2.02. The number of nitrogens with zero attached hydrogens (tertiary/aromatic N) is 1. The Labute approximate surface area is 98.6 Å². The van der Waals surface area contributed by atoms with Crippen molar-refractivity contribution in [3.63, 3.8) is 0 Å². The van der Waals surface area contributed by atoms with E-state index in [-0.39, 0.29) is 0 Å². The minimum atomic E-state index is -3.03. The highest BCUT2D eigenvalue weighted by atomic mass is 32.2. The van der Waals surface area contributed by atoms with Gasteiger partial charge in [-0.1, -0.05) is 0 Å². The van der Waals surface area contributed by atoms with Crippen molar-refractivity contribution in [3.05, 3.63) is 0 Å². The fourth-order valence-corrected chi connectivity index (χ4v) is 2.53. The average molecular weight is 249 g/mol. The molecular weight excluding hydrogens is 226 g/mol. The van der Waals surface area contributed by atoms with Crippen molar-refractivity contribution in [1.29, 1.82) is 0 Å². The lowest BCUT2D eigenvalue weighted by Gasteiger charge is -2.31. The molecule has 1 aliphatic heterocycles. The number of piperidine rings is 1. The van der Waals surface area contributed by atoms with Crippen LogP contribution in [0.1, 0.15) is 19.3 Å². The van der Waals surface area contributed by atoms with Crippen LogP contribution in [-0.4, -0.2) is 58.8 Å². The molecular formula is C10H23N3O2S. The van der Waals surface area contributed by atoms with E-state index in [1.165, 1.54) is 19.1 Å². The highest BCUT2D eigenvalue weighted by Crippen LogP contribution is 2.09. The lowest BCUT2D eigenvalue weighted by molar-refractivity contribution is 0.198. The summed E-state index contributed by atoms with van der Waals surface area (Å²) >= 11 is 0. The Bertz CT molecular complexity index is 286. The molecule has 0 aliphatic carbocycles. The lowest BCUT2D eigenvalue weighted by atomic mass is 10.1. The molecule has 0 atom stereocenters. The predicted octanol–water partition coefficient (Wildman–Crippen LogP) is -0.390. The van der Waals surface area contributed by atoms with Crippen molar-refractivity contribution in [2.45, 2.75) is 25.3 Å². The van der Waals surface area contributed by atoms with E-state index >= 15 is 0 Å². The number of hydrogen-bond donors (Lipinski definition) is 2. The van der Waals surface area contributed by atoms with Gasteiger partial charge in [-0.25, -0.2) is 13.1 Å². The molecule has 0 amide bonds. The number of hydrogen-bond acceptors (Lipinski definition) is 4. The van der Waals surface area contributed by atoms with Crippen LogP contribution < -0.4 is 10.0 Å². The zero-order valence-corrected chi connectivity index (χ0v) is 11.0. The molecule has 1 fully saturated rings. The highest BCUT2D eigenvalue weighted by Gasteiger charge is 2.16. The molecule has 0 aromatic carbocycles. The van der Waals surface area contributed by atoms with E-state index < -0.39 is 10.0 Å². The maximum Gasteiger partial charge on any atom is 0.208 e. The zero-order chi connectivity index (χ0) is 12.0. The van der Waals surface area contributed by atoms with E-state index in [0.29, 0.717) is 12.6 Å². The normalized spacial score (nSPS) is 19.2. The number of nitrogens with one attached hydrogen (secondary N) is 2. The van der Waals surface area contributed by atoms with E-state index in [9.17, 15) is 8.42 Å². The first kappa shape index (κ1) is 13.9. The van der Waals surface area contributed by atoms with Crippen LogP contribution in [0.25, 0.3) is 0 Å². The average Bonchev–Trinajstić information content (AvgIpc) is 2.24. The molecule has 0 radical (unpaired) electrons. The molecule has 0 aromatic heterocycles. The van der Waals surface area contributed by atoms with Gasteiger partial charge in [-0.05, 0) is 45.9 Å². The summed E-state index contributed by atoms with van der Waals surface area (Å²) in [6.07, 6.45) is 4.45. The molecule has 0 bridgehead atoms. The first-order chi connectivity index (χ1) is 7.49. The molecule has 1 rings (SSSR count). The number of sulfonamides is 1. The maximum atomic E-state index is 10.8. The Kier molecular flexibility index (Phi) is 5.68. The first-order valence-electron chi connectivity index (χ1n) is 5.84. The van der Waals surface area contributed by atoms with E-state index in [1.54, 1.807) is 0 Å². The summed E-state index contributed by atoms with van der Waals surface area (Å²) in [5.41, 5.74) is 0. The van der Waals surface area contributed by atoms with Gasteiger partial charge in [-0.15, -0.1) is 0 Å². The second kappa shape index (κ2) is 6.54. The molecule has 1 saturated heterocycles. The van der Waals surface area contributed by atoms with Crippen molar-refractivity contribution in [3.8, 4) is 0 Å². The Morgan fingerprint density at radius 1 is 1.38 bits per heavy atom. The van der Waals surface area contributed by atoms with Gasteiger partial charge >= 0.3 is 0 Å². The largest absolute Gasteiger partial charge is 0.317 e. The van der Waals surface area contributed by atoms with Gasteiger partial charge in [0.15, 0.2) is 0 Å². The van der Waals surface area contributed by atoms with Crippen LogP contribution in [0.3, 0.4) is 0 Å². The smallest absolute Gasteiger partial charge is 0.208 e. The van der Waals surface area contributed by atoms with Crippen molar-refractivity contribution < 1.29 is 8.42 Å². The molecule has 1 heterocycles. The van der Waals surface area contributed by atoms with Gasteiger partial charge in [-0.3, -0.25) is 0 Å². The van der Waals surface area contributed by atoms with Crippen LogP contribution in [0.5, 0.6) is 0 Å². The van der Waals surface area contributed by atoms with Gasteiger partial charge in [0.1, 0.15) is 0 Å². The second-order valence-corrected chi connectivity index (χ2v) is 6.31. The third-order valence-corrected chi connectivity index (χ3v) is 3.71. The predicted molar refractivity (Wildman–Crippen MR) is 66.0 cm³/mol. The third-order valence-electron chi connectivity index (χ3n) is 2.98. The van der Waals surface area contributed by atoms with Crippen molar-refractivity contribution in [2.75, 3.05) is 39.5 Å². The van der Waals surface area contributed by atoms with Crippen molar-refractivity contribution in [1.82, 2.24) is 14.9 Å². The standard InChI is InChI=1S/C10H23N3O2S/c1-13(10-4-7-11-8-5-10)9-3-6-12-16(2,14)15/h10-12H,3-9H2,1-2H3. The number of rotatable bonds is 6. The van der Waals surface area contributed by atoms with E-state index in [2.05, 4.69) is 22.0 Å². The third kappa shape index (κ3) is 5.79. The first-order valence-corrected chi connectivity index (χ1v) is 7.74. The Morgan fingerprint density at radius 3 is 2.56 bits per heavy atom. The Hall–Kier alpha value is -0.170. The minimum Gasteiger partial charge on any atom is -0.317 e. The highest BCUT2D eigenvalue weighted by molar-refractivity contribution is 7.88. The summed E-state index contributed by atoms with van der Waals surface area (Å²) in [5, 5.41) is 3.34. The summed E-state index contributed by atoms with van der Waals surface area (Å²) < 4.78 is 24.2. The van der Waals surface area contributed by atoms with Crippen LogP contribution in [-0.2, 0) is 10.0 Å². The van der Waals surface area contributed by atoms with E-state index in [4.69, 9.17) is 0 Å². The van der Waals surface area contributed by atoms with Crippen molar-refractivity contribution >= 4 is 10.0 Å².